The molecule has 0 radical (unpaired) electrons. The SMILES string of the molecule is Cc1nnc(SCC2=C(C(=O)O)N3C(=O)C(N)[C@H]3SC2)n1N. The second kappa shape index (κ2) is 5.48. The van der Waals surface area contributed by atoms with Crippen LogP contribution in [0.3, 0.4) is 0 Å². The van der Waals surface area contributed by atoms with Gasteiger partial charge in [-0.2, -0.15) is 0 Å². The van der Waals surface area contributed by atoms with E-state index in [0.29, 0.717) is 28.1 Å². The molecule has 1 unspecified atom stereocenters. The molecule has 1 aromatic rings. The summed E-state index contributed by atoms with van der Waals surface area (Å²) in [6.07, 6.45) is 0. The number of carboxylic acid groups (broad SMARTS) is 1. The Labute approximate surface area is 134 Å². The first-order valence-electron chi connectivity index (χ1n) is 6.37. The fourth-order valence-electron chi connectivity index (χ4n) is 2.29. The van der Waals surface area contributed by atoms with Crippen LogP contribution in [0, 0.1) is 6.92 Å². The first kappa shape index (κ1) is 15.2. The van der Waals surface area contributed by atoms with E-state index in [1.165, 1.54) is 33.1 Å². The van der Waals surface area contributed by atoms with E-state index in [9.17, 15) is 14.7 Å². The molecule has 2 atom stereocenters. The quantitative estimate of drug-likeness (QED) is 0.356. The maximum atomic E-state index is 11.8. The molecule has 5 N–H and O–H groups in total. The molecular formula is C11H14N6O3S2. The molecule has 0 spiro atoms. The molecule has 0 aromatic carbocycles. The van der Waals surface area contributed by atoms with Crippen LogP contribution in [0.2, 0.25) is 0 Å². The van der Waals surface area contributed by atoms with Gasteiger partial charge in [0.1, 0.15) is 22.9 Å². The number of nitrogens with two attached hydrogens (primary N) is 2. The minimum absolute atomic E-state index is 0.0303. The molecule has 0 aliphatic carbocycles. The number of carboxylic acids is 1. The molecule has 2 aliphatic heterocycles. The zero-order valence-electron chi connectivity index (χ0n) is 11.6. The van der Waals surface area contributed by atoms with Gasteiger partial charge in [0.2, 0.25) is 11.1 Å². The summed E-state index contributed by atoms with van der Waals surface area (Å²) in [5.41, 5.74) is 6.38. The smallest absolute Gasteiger partial charge is 0.352 e. The van der Waals surface area contributed by atoms with Crippen LogP contribution in [0.25, 0.3) is 0 Å². The second-order valence-corrected chi connectivity index (χ2v) is 6.93. The van der Waals surface area contributed by atoms with Gasteiger partial charge in [0.05, 0.1) is 0 Å². The Bertz CT molecular complexity index is 687. The van der Waals surface area contributed by atoms with Gasteiger partial charge >= 0.3 is 5.97 Å². The van der Waals surface area contributed by atoms with E-state index in [0.717, 1.165) is 0 Å². The molecule has 1 saturated heterocycles. The van der Waals surface area contributed by atoms with Crippen molar-refractivity contribution in [3.63, 3.8) is 0 Å². The second-order valence-electron chi connectivity index (χ2n) is 4.88. The van der Waals surface area contributed by atoms with Crippen LogP contribution in [0.4, 0.5) is 0 Å². The topological polar surface area (TPSA) is 140 Å². The number of hydrogen-bond acceptors (Lipinski definition) is 8. The fourth-order valence-corrected chi connectivity index (χ4v) is 4.62. The molecule has 3 heterocycles. The van der Waals surface area contributed by atoms with Crippen molar-refractivity contribution >= 4 is 35.4 Å². The molecule has 118 valence electrons. The molecule has 1 amide bonds. The third-order valence-electron chi connectivity index (χ3n) is 3.50. The number of carbonyl (C=O) groups excluding carboxylic acids is 1. The number of fused-ring (bicyclic) bond motifs is 1. The Kier molecular flexibility index (Phi) is 3.78. The Morgan fingerprint density at radius 1 is 1.55 bits per heavy atom. The standard InChI is InChI=1S/C11H14N6O3S2/c1-4-14-15-11(17(4)13)22-3-5-2-21-9-6(12)8(18)16(9)7(5)10(19)20/h6,9H,2-3,12-13H2,1H3,(H,19,20)/t6?,9-/m1/s1. The minimum atomic E-state index is -1.12. The summed E-state index contributed by atoms with van der Waals surface area (Å²) < 4.78 is 1.34. The highest BCUT2D eigenvalue weighted by Crippen LogP contribution is 2.40. The summed E-state index contributed by atoms with van der Waals surface area (Å²) in [4.78, 5) is 24.6. The van der Waals surface area contributed by atoms with Crippen LogP contribution >= 0.6 is 23.5 Å². The highest BCUT2D eigenvalue weighted by molar-refractivity contribution is 8.01. The molecule has 3 rings (SSSR count). The summed E-state index contributed by atoms with van der Waals surface area (Å²) in [7, 11) is 0. The number of aryl methyl sites for hydroxylation is 1. The summed E-state index contributed by atoms with van der Waals surface area (Å²) >= 11 is 2.76. The third-order valence-corrected chi connectivity index (χ3v) is 5.89. The van der Waals surface area contributed by atoms with Crippen molar-refractivity contribution in [1.29, 1.82) is 0 Å². The predicted octanol–water partition coefficient (Wildman–Crippen LogP) is -1.03. The van der Waals surface area contributed by atoms with Gasteiger partial charge in [0.15, 0.2) is 0 Å². The van der Waals surface area contributed by atoms with Gasteiger partial charge in [0.25, 0.3) is 0 Å². The predicted molar refractivity (Wildman–Crippen MR) is 81.4 cm³/mol. The number of thioether (sulfide) groups is 2. The van der Waals surface area contributed by atoms with Gasteiger partial charge in [-0.05, 0) is 12.5 Å². The zero-order chi connectivity index (χ0) is 16.0. The number of aliphatic carboxylic acids is 1. The number of amides is 1. The van der Waals surface area contributed by atoms with Gasteiger partial charge in [-0.25, -0.2) is 9.47 Å². The zero-order valence-corrected chi connectivity index (χ0v) is 13.2. The normalized spacial score (nSPS) is 24.3. The van der Waals surface area contributed by atoms with Gasteiger partial charge in [-0.15, -0.1) is 22.0 Å². The Morgan fingerprint density at radius 3 is 2.86 bits per heavy atom. The molecule has 1 aromatic heterocycles. The highest BCUT2D eigenvalue weighted by Gasteiger charge is 2.51. The van der Waals surface area contributed by atoms with E-state index in [4.69, 9.17) is 11.6 Å². The summed E-state index contributed by atoms with van der Waals surface area (Å²) in [5.74, 6) is 5.74. The number of rotatable bonds is 4. The highest BCUT2D eigenvalue weighted by atomic mass is 32.2. The summed E-state index contributed by atoms with van der Waals surface area (Å²) in [6, 6.07) is -0.622. The largest absolute Gasteiger partial charge is 0.477 e. The van der Waals surface area contributed by atoms with Crippen molar-refractivity contribution in [2.75, 3.05) is 17.3 Å². The van der Waals surface area contributed by atoms with Crippen molar-refractivity contribution < 1.29 is 14.7 Å². The minimum Gasteiger partial charge on any atom is -0.477 e. The van der Waals surface area contributed by atoms with Crippen LogP contribution in [0.1, 0.15) is 5.82 Å². The van der Waals surface area contributed by atoms with Crippen LogP contribution in [0.5, 0.6) is 0 Å². The lowest BCUT2D eigenvalue weighted by molar-refractivity contribution is -0.147. The molecule has 9 nitrogen and oxygen atoms in total. The van der Waals surface area contributed by atoms with E-state index in [1.54, 1.807) is 6.92 Å². The Morgan fingerprint density at radius 2 is 2.27 bits per heavy atom. The summed E-state index contributed by atoms with van der Waals surface area (Å²) in [6.45, 7) is 1.72. The van der Waals surface area contributed by atoms with Crippen LogP contribution in [-0.4, -0.2) is 59.7 Å². The molecule has 1 fully saturated rings. The van der Waals surface area contributed by atoms with Crippen molar-refractivity contribution in [3.05, 3.63) is 17.1 Å². The monoisotopic (exact) mass is 342 g/mol. The molecule has 2 aliphatic rings. The van der Waals surface area contributed by atoms with E-state index in [1.807, 2.05) is 0 Å². The molecule has 0 bridgehead atoms. The first-order chi connectivity index (χ1) is 10.4. The first-order valence-corrected chi connectivity index (χ1v) is 8.40. The number of carbonyl (C=O) groups is 2. The maximum Gasteiger partial charge on any atom is 0.352 e. The van der Waals surface area contributed by atoms with Crippen molar-refractivity contribution in [2.24, 2.45) is 5.73 Å². The average molecular weight is 342 g/mol. The van der Waals surface area contributed by atoms with E-state index in [-0.39, 0.29) is 17.0 Å². The van der Waals surface area contributed by atoms with E-state index in [2.05, 4.69) is 10.2 Å². The van der Waals surface area contributed by atoms with Gasteiger partial charge in [0, 0.05) is 11.5 Å². The molecule has 22 heavy (non-hydrogen) atoms. The van der Waals surface area contributed by atoms with Crippen LogP contribution in [-0.2, 0) is 9.59 Å². The molecule has 11 heteroatoms. The Balaban J connectivity index is 1.83. The number of β-lactam (4-membered cyclic amide) rings is 1. The lowest BCUT2D eigenvalue weighted by Crippen LogP contribution is -2.68. The van der Waals surface area contributed by atoms with Crippen LogP contribution < -0.4 is 11.6 Å². The van der Waals surface area contributed by atoms with Crippen molar-refractivity contribution in [2.45, 2.75) is 23.5 Å². The fraction of sp³-hybridized carbons (Fsp3) is 0.455. The number of hydrogen-bond donors (Lipinski definition) is 3. The van der Waals surface area contributed by atoms with E-state index >= 15 is 0 Å². The van der Waals surface area contributed by atoms with E-state index < -0.39 is 12.0 Å². The van der Waals surface area contributed by atoms with Crippen molar-refractivity contribution in [3.8, 4) is 0 Å². The average Bonchev–Trinajstić information content (AvgIpc) is 2.82. The van der Waals surface area contributed by atoms with Gasteiger partial charge in [-0.3, -0.25) is 9.69 Å². The van der Waals surface area contributed by atoms with Crippen molar-refractivity contribution in [1.82, 2.24) is 19.8 Å². The molecule has 0 saturated carbocycles. The van der Waals surface area contributed by atoms with Gasteiger partial charge < -0.3 is 16.7 Å². The lowest BCUT2D eigenvalue weighted by Gasteiger charge is -2.48. The molecular weight excluding hydrogens is 328 g/mol. The number of aromatic nitrogens is 3. The Hall–Kier alpha value is -1.72. The summed E-state index contributed by atoms with van der Waals surface area (Å²) in [5, 5.41) is 17.4. The third kappa shape index (κ3) is 2.25. The number of nitrogens with zero attached hydrogens (tertiary/aromatic N) is 4. The lowest BCUT2D eigenvalue weighted by atomic mass is 10.0. The van der Waals surface area contributed by atoms with Crippen LogP contribution in [0.15, 0.2) is 16.4 Å². The van der Waals surface area contributed by atoms with Gasteiger partial charge in [-0.1, -0.05) is 11.8 Å². The maximum absolute atomic E-state index is 11.8. The number of nitrogen functional groups attached to an aromatic ring is 1.